The molecular formula is C14H14F6O. The number of hydrogen-bond donors (Lipinski definition) is 1. The lowest BCUT2D eigenvalue weighted by molar-refractivity contribution is -0.207. The summed E-state index contributed by atoms with van der Waals surface area (Å²) in [5.74, 6) is -7.88. The second-order valence-corrected chi connectivity index (χ2v) is 5.31. The van der Waals surface area contributed by atoms with Crippen molar-refractivity contribution in [2.24, 2.45) is 11.8 Å². The number of halogens is 6. The van der Waals surface area contributed by atoms with Crippen LogP contribution in [0.5, 0.6) is 0 Å². The summed E-state index contributed by atoms with van der Waals surface area (Å²) in [6.45, 7) is 0. The van der Waals surface area contributed by atoms with E-state index in [2.05, 4.69) is 0 Å². The lowest BCUT2D eigenvalue weighted by Crippen LogP contribution is -2.36. The van der Waals surface area contributed by atoms with Gasteiger partial charge in [-0.3, -0.25) is 0 Å². The number of alkyl halides is 3. The molecule has 3 unspecified atom stereocenters. The molecule has 0 heterocycles. The SMILES string of the molecule is OC(c1ccc(F)c(F)c1F)C1CCCCC1C(F)(F)F. The van der Waals surface area contributed by atoms with E-state index < -0.39 is 47.1 Å². The summed E-state index contributed by atoms with van der Waals surface area (Å²) in [7, 11) is 0. The van der Waals surface area contributed by atoms with Crippen molar-refractivity contribution >= 4 is 0 Å². The predicted octanol–water partition coefficient (Wildman–Crippen LogP) is 4.51. The molecule has 2 rings (SSSR count). The minimum atomic E-state index is -4.51. The largest absolute Gasteiger partial charge is 0.392 e. The third kappa shape index (κ3) is 3.17. The maximum Gasteiger partial charge on any atom is 0.392 e. The van der Waals surface area contributed by atoms with Crippen LogP contribution in [0.2, 0.25) is 0 Å². The maximum atomic E-state index is 13.6. The zero-order valence-electron chi connectivity index (χ0n) is 10.9. The Morgan fingerprint density at radius 1 is 1.00 bits per heavy atom. The highest BCUT2D eigenvalue weighted by molar-refractivity contribution is 5.23. The number of aliphatic hydroxyl groups is 1. The van der Waals surface area contributed by atoms with E-state index in [-0.39, 0.29) is 12.8 Å². The molecule has 0 aliphatic heterocycles. The summed E-state index contributed by atoms with van der Waals surface area (Å²) in [5, 5.41) is 10.0. The summed E-state index contributed by atoms with van der Waals surface area (Å²) in [4.78, 5) is 0. The van der Waals surface area contributed by atoms with Crippen LogP contribution >= 0.6 is 0 Å². The van der Waals surface area contributed by atoms with Crippen LogP contribution in [0.1, 0.15) is 37.4 Å². The summed E-state index contributed by atoms with van der Waals surface area (Å²) >= 11 is 0. The van der Waals surface area contributed by atoms with E-state index in [0.29, 0.717) is 18.9 Å². The quantitative estimate of drug-likeness (QED) is 0.629. The van der Waals surface area contributed by atoms with Crippen LogP contribution in [0.25, 0.3) is 0 Å². The molecule has 1 aliphatic carbocycles. The number of aliphatic hydroxyl groups excluding tert-OH is 1. The van der Waals surface area contributed by atoms with Gasteiger partial charge in [-0.1, -0.05) is 18.9 Å². The van der Waals surface area contributed by atoms with E-state index in [1.165, 1.54) is 0 Å². The first kappa shape index (κ1) is 16.1. The highest BCUT2D eigenvalue weighted by Gasteiger charge is 2.48. The molecule has 0 aromatic heterocycles. The molecule has 0 spiro atoms. The highest BCUT2D eigenvalue weighted by atomic mass is 19.4. The molecule has 0 amide bonds. The Bertz CT molecular complexity index is 513. The van der Waals surface area contributed by atoms with Crippen molar-refractivity contribution in [3.8, 4) is 0 Å². The summed E-state index contributed by atoms with van der Waals surface area (Å²) in [6, 6.07) is 1.39. The minimum absolute atomic E-state index is 0.0593. The molecule has 1 aromatic rings. The van der Waals surface area contributed by atoms with Gasteiger partial charge in [0.2, 0.25) is 0 Å². The molecule has 7 heteroatoms. The first-order valence-corrected chi connectivity index (χ1v) is 6.61. The van der Waals surface area contributed by atoms with Gasteiger partial charge >= 0.3 is 6.18 Å². The van der Waals surface area contributed by atoms with Gasteiger partial charge in [0.25, 0.3) is 0 Å². The summed E-state index contributed by atoms with van der Waals surface area (Å²) < 4.78 is 78.6. The molecule has 118 valence electrons. The normalized spacial score (nSPS) is 24.9. The Morgan fingerprint density at radius 3 is 2.24 bits per heavy atom. The summed E-state index contributed by atoms with van der Waals surface area (Å²) in [5.41, 5.74) is -0.630. The average Bonchev–Trinajstić information content (AvgIpc) is 2.43. The fourth-order valence-corrected chi connectivity index (χ4v) is 2.94. The Balaban J connectivity index is 2.33. The zero-order chi connectivity index (χ0) is 15.8. The number of benzene rings is 1. The van der Waals surface area contributed by atoms with Crippen LogP contribution in [-0.2, 0) is 0 Å². The van der Waals surface area contributed by atoms with Gasteiger partial charge in [-0.05, 0) is 18.9 Å². The lowest BCUT2D eigenvalue weighted by atomic mass is 9.74. The standard InChI is InChI=1S/C14H14F6O/c15-10-6-5-8(11(16)12(10)17)13(21)7-3-1-2-4-9(7)14(18,19)20/h5-7,9,13,21H,1-4H2. The first-order chi connectivity index (χ1) is 9.73. The molecule has 3 atom stereocenters. The molecule has 1 saturated carbocycles. The Labute approximate surface area is 117 Å². The smallest absolute Gasteiger partial charge is 0.388 e. The highest BCUT2D eigenvalue weighted by Crippen LogP contribution is 2.46. The van der Waals surface area contributed by atoms with Crippen molar-refractivity contribution in [3.63, 3.8) is 0 Å². The van der Waals surface area contributed by atoms with E-state index in [1.54, 1.807) is 0 Å². The van der Waals surface area contributed by atoms with Gasteiger partial charge in [-0.25, -0.2) is 13.2 Å². The molecule has 1 aromatic carbocycles. The van der Waals surface area contributed by atoms with Crippen molar-refractivity contribution in [2.75, 3.05) is 0 Å². The molecule has 21 heavy (non-hydrogen) atoms. The molecular weight excluding hydrogens is 298 g/mol. The van der Waals surface area contributed by atoms with Gasteiger partial charge in [0.1, 0.15) is 0 Å². The zero-order valence-corrected chi connectivity index (χ0v) is 10.9. The molecule has 1 N–H and O–H groups in total. The fourth-order valence-electron chi connectivity index (χ4n) is 2.94. The number of hydrogen-bond acceptors (Lipinski definition) is 1. The van der Waals surface area contributed by atoms with Crippen LogP contribution in [0, 0.1) is 29.3 Å². The van der Waals surface area contributed by atoms with Crippen molar-refractivity contribution < 1.29 is 31.4 Å². The van der Waals surface area contributed by atoms with Crippen LogP contribution in [-0.4, -0.2) is 11.3 Å². The average molecular weight is 312 g/mol. The van der Waals surface area contributed by atoms with Crippen LogP contribution < -0.4 is 0 Å². The van der Waals surface area contributed by atoms with Crippen molar-refractivity contribution in [1.82, 2.24) is 0 Å². The molecule has 1 fully saturated rings. The van der Waals surface area contributed by atoms with E-state index in [0.717, 1.165) is 6.07 Å². The monoisotopic (exact) mass is 312 g/mol. The second kappa shape index (κ2) is 5.87. The van der Waals surface area contributed by atoms with Gasteiger partial charge < -0.3 is 5.11 Å². The molecule has 0 bridgehead atoms. The third-order valence-electron chi connectivity index (χ3n) is 4.03. The van der Waals surface area contributed by atoms with E-state index in [9.17, 15) is 31.4 Å². The van der Waals surface area contributed by atoms with E-state index in [1.807, 2.05) is 0 Å². The Kier molecular flexibility index (Phi) is 4.51. The molecule has 0 saturated heterocycles. The van der Waals surface area contributed by atoms with Gasteiger partial charge in [0.05, 0.1) is 12.0 Å². The lowest BCUT2D eigenvalue weighted by Gasteiger charge is -2.36. The summed E-state index contributed by atoms with van der Waals surface area (Å²) in [6.07, 6.45) is -5.58. The van der Waals surface area contributed by atoms with Gasteiger partial charge in [0, 0.05) is 11.5 Å². The molecule has 1 nitrogen and oxygen atoms in total. The second-order valence-electron chi connectivity index (χ2n) is 5.31. The Morgan fingerprint density at radius 2 is 1.62 bits per heavy atom. The van der Waals surface area contributed by atoms with E-state index >= 15 is 0 Å². The minimum Gasteiger partial charge on any atom is -0.388 e. The van der Waals surface area contributed by atoms with Crippen LogP contribution in [0.4, 0.5) is 26.3 Å². The van der Waals surface area contributed by atoms with Crippen LogP contribution in [0.15, 0.2) is 12.1 Å². The van der Waals surface area contributed by atoms with Gasteiger partial charge in [-0.15, -0.1) is 0 Å². The fraction of sp³-hybridized carbons (Fsp3) is 0.571. The van der Waals surface area contributed by atoms with Crippen molar-refractivity contribution in [2.45, 2.75) is 38.0 Å². The predicted molar refractivity (Wildman–Crippen MR) is 62.8 cm³/mol. The molecule has 1 aliphatic rings. The van der Waals surface area contributed by atoms with Crippen LogP contribution in [0.3, 0.4) is 0 Å². The van der Waals surface area contributed by atoms with Crippen molar-refractivity contribution in [1.29, 1.82) is 0 Å². The topological polar surface area (TPSA) is 20.2 Å². The molecule has 0 radical (unpaired) electrons. The number of rotatable bonds is 2. The van der Waals surface area contributed by atoms with Gasteiger partial charge in [0.15, 0.2) is 17.5 Å². The van der Waals surface area contributed by atoms with Gasteiger partial charge in [-0.2, -0.15) is 13.2 Å². The van der Waals surface area contributed by atoms with Crippen molar-refractivity contribution in [3.05, 3.63) is 35.1 Å². The first-order valence-electron chi connectivity index (χ1n) is 6.61. The van der Waals surface area contributed by atoms with E-state index in [4.69, 9.17) is 0 Å². The Hall–Kier alpha value is -1.24. The third-order valence-corrected chi connectivity index (χ3v) is 4.03. The maximum absolute atomic E-state index is 13.6.